The molecule has 0 aromatic heterocycles. The van der Waals surface area contributed by atoms with E-state index in [2.05, 4.69) is 10.6 Å². The number of amides is 2. The van der Waals surface area contributed by atoms with Crippen LogP contribution in [0.5, 0.6) is 0 Å². The fourth-order valence-electron chi connectivity index (χ4n) is 2.01. The van der Waals surface area contributed by atoms with Gasteiger partial charge in [-0.05, 0) is 42.0 Å². The lowest BCUT2D eigenvalue weighted by Gasteiger charge is -2.16. The van der Waals surface area contributed by atoms with Crippen LogP contribution in [0.3, 0.4) is 0 Å². The molecule has 1 atom stereocenters. The summed E-state index contributed by atoms with van der Waals surface area (Å²) in [6.45, 7) is 0.0777. The molecule has 0 aliphatic carbocycles. The average Bonchev–Trinajstić information content (AvgIpc) is 2.55. The van der Waals surface area contributed by atoms with Crippen molar-refractivity contribution in [3.63, 3.8) is 0 Å². The number of halogens is 1. The third kappa shape index (κ3) is 4.96. The zero-order valence-electron chi connectivity index (χ0n) is 13.1. The molecule has 2 amide bonds. The molecule has 0 fully saturated rings. The van der Waals surface area contributed by atoms with Crippen molar-refractivity contribution in [1.82, 2.24) is 5.32 Å². The predicted octanol–water partition coefficient (Wildman–Crippen LogP) is 2.75. The Kier molecular flexibility index (Phi) is 5.54. The number of aliphatic hydroxyl groups excluding tert-OH is 1. The summed E-state index contributed by atoms with van der Waals surface area (Å²) in [5, 5.41) is 15.2. The fourth-order valence-corrected chi connectivity index (χ4v) is 2.01. The Balaban J connectivity index is 1.84. The van der Waals surface area contributed by atoms with Crippen LogP contribution in [0.2, 0.25) is 0 Å². The van der Waals surface area contributed by atoms with Crippen molar-refractivity contribution in [3.05, 3.63) is 59.9 Å². The molecule has 0 saturated heterocycles. The van der Waals surface area contributed by atoms with E-state index >= 15 is 0 Å². The van der Waals surface area contributed by atoms with E-state index in [4.69, 9.17) is 0 Å². The lowest BCUT2D eigenvalue weighted by molar-refractivity contribution is 0.175. The Morgan fingerprint density at radius 2 is 1.74 bits per heavy atom. The Labute approximate surface area is 134 Å². The Hall–Kier alpha value is -2.60. The number of nitrogens with one attached hydrogen (secondary N) is 2. The summed E-state index contributed by atoms with van der Waals surface area (Å²) >= 11 is 0. The van der Waals surface area contributed by atoms with Gasteiger partial charge in [0.05, 0.1) is 6.10 Å². The van der Waals surface area contributed by atoms with Crippen molar-refractivity contribution in [2.75, 3.05) is 30.9 Å². The lowest BCUT2D eigenvalue weighted by atomic mass is 10.1. The second kappa shape index (κ2) is 7.60. The molecule has 0 aliphatic rings. The first kappa shape index (κ1) is 16.8. The zero-order valence-corrected chi connectivity index (χ0v) is 13.1. The number of rotatable bonds is 5. The first-order chi connectivity index (χ1) is 11.0. The molecule has 0 unspecified atom stereocenters. The number of carbonyl (C=O) groups excluding carboxylic acids is 1. The SMILES string of the molecule is CN(C)c1ccc([C@H](O)CNC(=O)Nc2ccc(F)cc2)cc1. The smallest absolute Gasteiger partial charge is 0.319 e. The van der Waals surface area contributed by atoms with Crippen molar-refractivity contribution in [2.45, 2.75) is 6.10 Å². The molecule has 23 heavy (non-hydrogen) atoms. The van der Waals surface area contributed by atoms with Gasteiger partial charge in [0.2, 0.25) is 0 Å². The maximum atomic E-state index is 12.8. The van der Waals surface area contributed by atoms with Crippen LogP contribution in [0, 0.1) is 5.82 Å². The van der Waals surface area contributed by atoms with Gasteiger partial charge in [-0.1, -0.05) is 12.1 Å². The maximum absolute atomic E-state index is 12.8. The summed E-state index contributed by atoms with van der Waals surface area (Å²) in [5.74, 6) is -0.368. The molecule has 0 heterocycles. The van der Waals surface area contributed by atoms with Crippen molar-refractivity contribution < 1.29 is 14.3 Å². The molecule has 0 radical (unpaired) electrons. The van der Waals surface area contributed by atoms with Gasteiger partial charge in [0.15, 0.2) is 0 Å². The molecule has 0 saturated carbocycles. The first-order valence-corrected chi connectivity index (χ1v) is 7.21. The molecule has 0 aliphatic heterocycles. The highest BCUT2D eigenvalue weighted by Crippen LogP contribution is 2.17. The monoisotopic (exact) mass is 317 g/mol. The minimum Gasteiger partial charge on any atom is -0.387 e. The van der Waals surface area contributed by atoms with E-state index in [1.54, 1.807) is 0 Å². The van der Waals surface area contributed by atoms with Crippen LogP contribution in [0.1, 0.15) is 11.7 Å². The molecule has 3 N–H and O–H groups in total. The Morgan fingerprint density at radius 3 is 2.30 bits per heavy atom. The van der Waals surface area contributed by atoms with Gasteiger partial charge in [0, 0.05) is 32.0 Å². The van der Waals surface area contributed by atoms with E-state index in [1.165, 1.54) is 24.3 Å². The van der Waals surface area contributed by atoms with E-state index in [1.807, 2.05) is 43.3 Å². The van der Waals surface area contributed by atoms with E-state index in [0.717, 1.165) is 11.3 Å². The predicted molar refractivity (Wildman–Crippen MR) is 89.2 cm³/mol. The third-order valence-corrected chi connectivity index (χ3v) is 3.35. The lowest BCUT2D eigenvalue weighted by Crippen LogP contribution is -2.32. The van der Waals surface area contributed by atoms with Crippen molar-refractivity contribution in [3.8, 4) is 0 Å². The summed E-state index contributed by atoms with van der Waals surface area (Å²) in [6, 6.07) is 12.4. The molecule has 2 aromatic carbocycles. The summed E-state index contributed by atoms with van der Waals surface area (Å²) in [4.78, 5) is 13.7. The van der Waals surface area contributed by atoms with Crippen LogP contribution in [-0.2, 0) is 0 Å². The summed E-state index contributed by atoms with van der Waals surface area (Å²) in [5.41, 5.74) is 2.23. The van der Waals surface area contributed by atoms with Gasteiger partial charge in [-0.2, -0.15) is 0 Å². The average molecular weight is 317 g/mol. The van der Waals surface area contributed by atoms with Gasteiger partial charge in [0.1, 0.15) is 5.82 Å². The largest absolute Gasteiger partial charge is 0.387 e. The highest BCUT2D eigenvalue weighted by molar-refractivity contribution is 5.89. The van der Waals surface area contributed by atoms with Gasteiger partial charge in [0.25, 0.3) is 0 Å². The number of benzene rings is 2. The highest BCUT2D eigenvalue weighted by atomic mass is 19.1. The first-order valence-electron chi connectivity index (χ1n) is 7.21. The molecule has 6 heteroatoms. The van der Waals surface area contributed by atoms with Crippen molar-refractivity contribution >= 4 is 17.4 Å². The highest BCUT2D eigenvalue weighted by Gasteiger charge is 2.10. The van der Waals surface area contributed by atoms with E-state index in [-0.39, 0.29) is 12.4 Å². The standard InChI is InChI=1S/C17H20FN3O2/c1-21(2)15-9-3-12(4-10-15)16(22)11-19-17(23)20-14-7-5-13(18)6-8-14/h3-10,16,22H,11H2,1-2H3,(H2,19,20,23)/t16-/m1/s1. The third-order valence-electron chi connectivity index (χ3n) is 3.35. The Morgan fingerprint density at radius 1 is 1.13 bits per heavy atom. The number of anilines is 2. The Bertz CT molecular complexity index is 642. The van der Waals surface area contributed by atoms with Crippen LogP contribution in [-0.4, -0.2) is 31.8 Å². The number of carbonyl (C=O) groups is 1. The van der Waals surface area contributed by atoms with Gasteiger partial charge < -0.3 is 20.6 Å². The van der Waals surface area contributed by atoms with Crippen molar-refractivity contribution in [1.29, 1.82) is 0 Å². The number of urea groups is 1. The van der Waals surface area contributed by atoms with Gasteiger partial charge >= 0.3 is 6.03 Å². The normalized spacial score (nSPS) is 11.7. The summed E-state index contributed by atoms with van der Waals surface area (Å²) in [6.07, 6.45) is -0.801. The number of hydrogen-bond acceptors (Lipinski definition) is 3. The van der Waals surface area contributed by atoms with Crippen molar-refractivity contribution in [2.24, 2.45) is 0 Å². The second-order valence-electron chi connectivity index (χ2n) is 5.34. The molecule has 2 aromatic rings. The molecular weight excluding hydrogens is 297 g/mol. The zero-order chi connectivity index (χ0) is 16.8. The number of nitrogens with zero attached hydrogens (tertiary/aromatic N) is 1. The van der Waals surface area contributed by atoms with Gasteiger partial charge in [-0.3, -0.25) is 0 Å². The van der Waals surface area contributed by atoms with Gasteiger partial charge in [-0.25, -0.2) is 9.18 Å². The van der Waals surface area contributed by atoms with E-state index < -0.39 is 12.1 Å². The molecule has 0 spiro atoms. The number of hydrogen-bond donors (Lipinski definition) is 3. The minimum atomic E-state index is -0.801. The maximum Gasteiger partial charge on any atom is 0.319 e. The molecule has 5 nitrogen and oxygen atoms in total. The van der Waals surface area contributed by atoms with Crippen LogP contribution in [0.25, 0.3) is 0 Å². The molecule has 2 rings (SSSR count). The molecule has 122 valence electrons. The van der Waals surface area contributed by atoms with E-state index in [0.29, 0.717) is 5.69 Å². The van der Waals surface area contributed by atoms with Crippen LogP contribution < -0.4 is 15.5 Å². The summed E-state index contributed by atoms with van der Waals surface area (Å²) in [7, 11) is 3.87. The van der Waals surface area contributed by atoms with Gasteiger partial charge in [-0.15, -0.1) is 0 Å². The second-order valence-corrected chi connectivity index (χ2v) is 5.34. The molecular formula is C17H20FN3O2. The quantitative estimate of drug-likeness (QED) is 0.794. The summed E-state index contributed by atoms with van der Waals surface area (Å²) < 4.78 is 12.8. The number of aliphatic hydroxyl groups is 1. The molecule has 0 bridgehead atoms. The van der Waals surface area contributed by atoms with Crippen LogP contribution >= 0.6 is 0 Å². The fraction of sp³-hybridized carbons (Fsp3) is 0.235. The van der Waals surface area contributed by atoms with Crippen LogP contribution in [0.15, 0.2) is 48.5 Å². The minimum absolute atomic E-state index is 0.0777. The van der Waals surface area contributed by atoms with Crippen LogP contribution in [0.4, 0.5) is 20.6 Å². The van der Waals surface area contributed by atoms with E-state index in [9.17, 15) is 14.3 Å². The topological polar surface area (TPSA) is 64.6 Å².